The predicted octanol–water partition coefficient (Wildman–Crippen LogP) is 2.54. The van der Waals surface area contributed by atoms with Crippen molar-refractivity contribution < 1.29 is 14.2 Å². The van der Waals surface area contributed by atoms with Gasteiger partial charge in [-0.3, -0.25) is 4.99 Å². The number of likely N-dealkylation sites (tertiary alicyclic amines) is 1. The molecule has 2 aliphatic heterocycles. The van der Waals surface area contributed by atoms with E-state index >= 15 is 0 Å². The molecule has 0 saturated carbocycles. The zero-order valence-electron chi connectivity index (χ0n) is 16.0. The minimum Gasteiger partial charge on any atom is -0.497 e. The van der Waals surface area contributed by atoms with Gasteiger partial charge in [-0.25, -0.2) is 0 Å². The number of guanidine groups is 1. The first-order valence-corrected chi connectivity index (χ1v) is 9.62. The van der Waals surface area contributed by atoms with Crippen LogP contribution in [0.2, 0.25) is 0 Å². The smallest absolute Gasteiger partial charge is 0.193 e. The van der Waals surface area contributed by atoms with E-state index in [1.807, 2.05) is 24.3 Å². The molecule has 1 N–H and O–H groups in total. The van der Waals surface area contributed by atoms with Gasteiger partial charge < -0.3 is 24.4 Å². The lowest BCUT2D eigenvalue weighted by molar-refractivity contribution is 0.156. The Balaban J connectivity index is 1.44. The van der Waals surface area contributed by atoms with Crippen LogP contribution in [0.15, 0.2) is 29.3 Å². The number of nitrogens with one attached hydrogen (secondary N) is 1. The Kier molecular flexibility index (Phi) is 6.61. The number of hydrogen-bond donors (Lipinski definition) is 1. The van der Waals surface area contributed by atoms with Gasteiger partial charge in [0.15, 0.2) is 5.96 Å². The number of methoxy groups -OCH3 is 1. The average molecular weight is 361 g/mol. The third-order valence-electron chi connectivity index (χ3n) is 5.15. The van der Waals surface area contributed by atoms with E-state index in [2.05, 4.69) is 17.1 Å². The maximum absolute atomic E-state index is 5.77. The van der Waals surface area contributed by atoms with Gasteiger partial charge in [0, 0.05) is 44.6 Å². The molecular weight excluding hydrogens is 330 g/mol. The van der Waals surface area contributed by atoms with Gasteiger partial charge in [0.1, 0.15) is 11.5 Å². The molecule has 2 heterocycles. The second kappa shape index (κ2) is 9.12. The fourth-order valence-corrected chi connectivity index (χ4v) is 3.62. The van der Waals surface area contributed by atoms with Crippen LogP contribution < -0.4 is 14.8 Å². The lowest BCUT2D eigenvalue weighted by atomic mass is 9.87. The Morgan fingerprint density at radius 1 is 1.27 bits per heavy atom. The lowest BCUT2D eigenvalue weighted by Gasteiger charge is -2.25. The summed E-state index contributed by atoms with van der Waals surface area (Å²) >= 11 is 0. The van der Waals surface area contributed by atoms with Crippen molar-refractivity contribution in [3.8, 4) is 11.5 Å². The summed E-state index contributed by atoms with van der Waals surface area (Å²) in [6.07, 6.45) is 3.28. The Hall–Kier alpha value is -1.95. The second-order valence-electron chi connectivity index (χ2n) is 7.09. The van der Waals surface area contributed by atoms with Crippen LogP contribution in [0.4, 0.5) is 0 Å². The maximum Gasteiger partial charge on any atom is 0.193 e. The van der Waals surface area contributed by atoms with E-state index in [4.69, 9.17) is 19.2 Å². The first-order valence-electron chi connectivity index (χ1n) is 9.62. The number of nitrogens with zero attached hydrogens (tertiary/aromatic N) is 2. The molecule has 2 aliphatic rings. The summed E-state index contributed by atoms with van der Waals surface area (Å²) in [5.41, 5.74) is 0.355. The van der Waals surface area contributed by atoms with E-state index in [0.717, 1.165) is 63.3 Å². The van der Waals surface area contributed by atoms with E-state index < -0.39 is 0 Å². The van der Waals surface area contributed by atoms with E-state index in [1.54, 1.807) is 7.11 Å². The standard InChI is InChI=1S/C20H31N3O3/c1-3-21-19(23-12-9-20(15-23)10-14-25-16-20)22-11-4-13-26-18-7-5-17(24-2)6-8-18/h5-8H,3-4,9-16H2,1-2H3,(H,21,22). The summed E-state index contributed by atoms with van der Waals surface area (Å²) in [7, 11) is 1.66. The predicted molar refractivity (Wildman–Crippen MR) is 103 cm³/mol. The molecule has 1 unspecified atom stereocenters. The van der Waals surface area contributed by atoms with Gasteiger partial charge in [-0.2, -0.15) is 0 Å². The molecule has 0 amide bonds. The molecule has 6 heteroatoms. The van der Waals surface area contributed by atoms with Crippen molar-refractivity contribution in [2.24, 2.45) is 10.4 Å². The van der Waals surface area contributed by atoms with Crippen molar-refractivity contribution in [1.29, 1.82) is 0 Å². The molecule has 1 aromatic carbocycles. The first-order chi connectivity index (χ1) is 12.7. The van der Waals surface area contributed by atoms with Gasteiger partial charge in [-0.15, -0.1) is 0 Å². The molecule has 1 aromatic rings. The van der Waals surface area contributed by atoms with Gasteiger partial charge in [-0.05, 0) is 44.0 Å². The van der Waals surface area contributed by atoms with Gasteiger partial charge in [0.2, 0.25) is 0 Å². The highest BCUT2D eigenvalue weighted by atomic mass is 16.5. The van der Waals surface area contributed by atoms with Crippen LogP contribution in [0.5, 0.6) is 11.5 Å². The monoisotopic (exact) mass is 361 g/mol. The maximum atomic E-state index is 5.77. The highest BCUT2D eigenvalue weighted by Gasteiger charge is 2.42. The molecule has 2 fully saturated rings. The lowest BCUT2D eigenvalue weighted by Crippen LogP contribution is -2.41. The summed E-state index contributed by atoms with van der Waals surface area (Å²) in [5, 5.41) is 3.43. The van der Waals surface area contributed by atoms with E-state index in [-0.39, 0.29) is 0 Å². The largest absolute Gasteiger partial charge is 0.497 e. The van der Waals surface area contributed by atoms with Crippen molar-refractivity contribution in [2.75, 3.05) is 53.1 Å². The molecule has 0 bridgehead atoms. The Morgan fingerprint density at radius 3 is 2.77 bits per heavy atom. The third kappa shape index (κ3) is 4.81. The minimum absolute atomic E-state index is 0.355. The Morgan fingerprint density at radius 2 is 2.08 bits per heavy atom. The van der Waals surface area contributed by atoms with Crippen LogP contribution in [0.25, 0.3) is 0 Å². The molecule has 6 nitrogen and oxygen atoms in total. The first kappa shape index (κ1) is 18.8. The van der Waals surface area contributed by atoms with Crippen LogP contribution in [-0.2, 0) is 4.74 Å². The molecule has 1 spiro atoms. The Labute approximate surface area is 156 Å². The van der Waals surface area contributed by atoms with Crippen molar-refractivity contribution in [3.05, 3.63) is 24.3 Å². The molecular formula is C20H31N3O3. The van der Waals surface area contributed by atoms with Crippen molar-refractivity contribution in [1.82, 2.24) is 10.2 Å². The molecule has 0 aliphatic carbocycles. The van der Waals surface area contributed by atoms with E-state index in [1.165, 1.54) is 12.8 Å². The number of ether oxygens (including phenoxy) is 3. The third-order valence-corrected chi connectivity index (χ3v) is 5.15. The van der Waals surface area contributed by atoms with Gasteiger partial charge in [0.25, 0.3) is 0 Å². The quantitative estimate of drug-likeness (QED) is 0.459. The second-order valence-corrected chi connectivity index (χ2v) is 7.09. The summed E-state index contributed by atoms with van der Waals surface area (Å²) < 4.78 is 16.6. The Bertz CT molecular complexity index is 582. The molecule has 0 aromatic heterocycles. The number of aliphatic imine (C=N–C) groups is 1. The van der Waals surface area contributed by atoms with Crippen LogP contribution in [0.3, 0.4) is 0 Å². The zero-order chi connectivity index (χ0) is 18.2. The van der Waals surface area contributed by atoms with Gasteiger partial charge in [0.05, 0.1) is 20.3 Å². The topological polar surface area (TPSA) is 55.3 Å². The van der Waals surface area contributed by atoms with Crippen LogP contribution >= 0.6 is 0 Å². The van der Waals surface area contributed by atoms with Crippen LogP contribution in [-0.4, -0.2) is 64.0 Å². The molecule has 144 valence electrons. The molecule has 2 saturated heterocycles. The van der Waals surface area contributed by atoms with E-state index in [0.29, 0.717) is 12.0 Å². The molecule has 0 radical (unpaired) electrons. The SMILES string of the molecule is CCNC(=NCCCOc1ccc(OC)cc1)N1CCC2(CCOC2)C1. The highest BCUT2D eigenvalue weighted by Crippen LogP contribution is 2.38. The summed E-state index contributed by atoms with van der Waals surface area (Å²) in [6, 6.07) is 7.68. The van der Waals surface area contributed by atoms with Gasteiger partial charge >= 0.3 is 0 Å². The average Bonchev–Trinajstić information content (AvgIpc) is 3.31. The summed E-state index contributed by atoms with van der Waals surface area (Å²) in [5.74, 6) is 2.73. The summed E-state index contributed by atoms with van der Waals surface area (Å²) in [4.78, 5) is 7.19. The normalized spacial score (nSPS) is 22.8. The van der Waals surface area contributed by atoms with Crippen LogP contribution in [0, 0.1) is 5.41 Å². The number of rotatable bonds is 7. The van der Waals surface area contributed by atoms with Crippen molar-refractivity contribution in [3.63, 3.8) is 0 Å². The molecule has 26 heavy (non-hydrogen) atoms. The van der Waals surface area contributed by atoms with Crippen molar-refractivity contribution >= 4 is 5.96 Å². The summed E-state index contributed by atoms with van der Waals surface area (Å²) in [6.45, 7) is 8.36. The van der Waals surface area contributed by atoms with Crippen molar-refractivity contribution in [2.45, 2.75) is 26.2 Å². The number of hydrogen-bond acceptors (Lipinski definition) is 4. The molecule has 3 rings (SSSR count). The molecule has 1 atom stereocenters. The number of benzene rings is 1. The van der Waals surface area contributed by atoms with Crippen LogP contribution in [0.1, 0.15) is 26.2 Å². The minimum atomic E-state index is 0.355. The van der Waals surface area contributed by atoms with E-state index in [9.17, 15) is 0 Å². The zero-order valence-corrected chi connectivity index (χ0v) is 16.0. The fraction of sp³-hybridized carbons (Fsp3) is 0.650. The highest BCUT2D eigenvalue weighted by molar-refractivity contribution is 5.80. The fourth-order valence-electron chi connectivity index (χ4n) is 3.62. The van der Waals surface area contributed by atoms with Gasteiger partial charge in [-0.1, -0.05) is 0 Å².